The van der Waals surface area contributed by atoms with Crippen LogP contribution in [0, 0.1) is 0 Å². The van der Waals surface area contributed by atoms with Crippen molar-refractivity contribution in [3.05, 3.63) is 48.5 Å². The zero-order valence-electron chi connectivity index (χ0n) is 9.63. The SMILES string of the molecule is c1ccc(-c2cncnc2)c(CNC2CC2)c1. The molecular weight excluding hydrogens is 210 g/mol. The highest BCUT2D eigenvalue weighted by Gasteiger charge is 2.20. The molecule has 1 aliphatic rings. The fourth-order valence-electron chi connectivity index (χ4n) is 1.94. The summed E-state index contributed by atoms with van der Waals surface area (Å²) in [7, 11) is 0. The highest BCUT2D eigenvalue weighted by Crippen LogP contribution is 2.24. The zero-order chi connectivity index (χ0) is 11.5. The molecule has 1 N–H and O–H groups in total. The third kappa shape index (κ3) is 2.50. The first-order valence-electron chi connectivity index (χ1n) is 6.00. The normalized spacial score (nSPS) is 14.8. The molecule has 17 heavy (non-hydrogen) atoms. The quantitative estimate of drug-likeness (QED) is 0.868. The molecule has 0 aliphatic heterocycles. The molecule has 1 saturated carbocycles. The maximum Gasteiger partial charge on any atom is 0.115 e. The van der Waals surface area contributed by atoms with Crippen molar-refractivity contribution < 1.29 is 0 Å². The molecule has 3 nitrogen and oxygen atoms in total. The Labute approximate surface area is 101 Å². The molecule has 0 amide bonds. The summed E-state index contributed by atoms with van der Waals surface area (Å²) in [6, 6.07) is 9.16. The Morgan fingerprint density at radius 3 is 2.65 bits per heavy atom. The van der Waals surface area contributed by atoms with Gasteiger partial charge in [-0.2, -0.15) is 0 Å². The molecule has 2 aromatic rings. The van der Waals surface area contributed by atoms with Gasteiger partial charge in [-0.1, -0.05) is 24.3 Å². The van der Waals surface area contributed by atoms with Gasteiger partial charge < -0.3 is 5.32 Å². The van der Waals surface area contributed by atoms with Crippen LogP contribution in [0.25, 0.3) is 11.1 Å². The van der Waals surface area contributed by atoms with E-state index in [0.29, 0.717) is 0 Å². The molecule has 1 heterocycles. The summed E-state index contributed by atoms with van der Waals surface area (Å²) in [6.07, 6.45) is 7.92. The van der Waals surface area contributed by atoms with Crippen LogP contribution in [0.15, 0.2) is 43.0 Å². The van der Waals surface area contributed by atoms with Crippen LogP contribution in [0.5, 0.6) is 0 Å². The van der Waals surface area contributed by atoms with Gasteiger partial charge in [-0.15, -0.1) is 0 Å². The molecule has 86 valence electrons. The highest BCUT2D eigenvalue weighted by molar-refractivity contribution is 5.65. The molecule has 1 aromatic carbocycles. The smallest absolute Gasteiger partial charge is 0.115 e. The van der Waals surface area contributed by atoms with Crippen molar-refractivity contribution in [3.63, 3.8) is 0 Å². The number of hydrogen-bond acceptors (Lipinski definition) is 3. The first kappa shape index (κ1) is 10.4. The van der Waals surface area contributed by atoms with Crippen LogP contribution in [0.4, 0.5) is 0 Å². The van der Waals surface area contributed by atoms with E-state index >= 15 is 0 Å². The summed E-state index contributed by atoms with van der Waals surface area (Å²) in [4.78, 5) is 8.16. The van der Waals surface area contributed by atoms with Crippen molar-refractivity contribution in [1.82, 2.24) is 15.3 Å². The van der Waals surface area contributed by atoms with E-state index in [1.807, 2.05) is 12.4 Å². The van der Waals surface area contributed by atoms with Crippen molar-refractivity contribution in [2.75, 3.05) is 0 Å². The van der Waals surface area contributed by atoms with E-state index in [9.17, 15) is 0 Å². The van der Waals surface area contributed by atoms with Crippen LogP contribution in [0.2, 0.25) is 0 Å². The Kier molecular flexibility index (Phi) is 2.84. The van der Waals surface area contributed by atoms with Crippen LogP contribution >= 0.6 is 0 Å². The van der Waals surface area contributed by atoms with E-state index in [0.717, 1.165) is 18.2 Å². The molecule has 0 saturated heterocycles. The van der Waals surface area contributed by atoms with Gasteiger partial charge in [0.05, 0.1) is 0 Å². The van der Waals surface area contributed by atoms with Crippen LogP contribution < -0.4 is 5.32 Å². The lowest BCUT2D eigenvalue weighted by Crippen LogP contribution is -2.15. The van der Waals surface area contributed by atoms with E-state index in [-0.39, 0.29) is 0 Å². The van der Waals surface area contributed by atoms with E-state index < -0.39 is 0 Å². The molecular formula is C14H15N3. The summed E-state index contributed by atoms with van der Waals surface area (Å²) >= 11 is 0. The predicted octanol–water partition coefficient (Wildman–Crippen LogP) is 2.40. The molecule has 3 rings (SSSR count). The Morgan fingerprint density at radius 2 is 1.88 bits per heavy atom. The van der Waals surface area contributed by atoms with Gasteiger partial charge in [0.1, 0.15) is 6.33 Å². The summed E-state index contributed by atoms with van der Waals surface area (Å²) in [5.41, 5.74) is 3.62. The monoisotopic (exact) mass is 225 g/mol. The Balaban J connectivity index is 1.87. The average Bonchev–Trinajstić information content (AvgIpc) is 3.22. The summed E-state index contributed by atoms with van der Waals surface area (Å²) in [5.74, 6) is 0. The van der Waals surface area contributed by atoms with Crippen molar-refractivity contribution in [2.45, 2.75) is 25.4 Å². The molecule has 0 spiro atoms. The van der Waals surface area contributed by atoms with Crippen LogP contribution in [0.3, 0.4) is 0 Å². The van der Waals surface area contributed by atoms with Gasteiger partial charge in [0.25, 0.3) is 0 Å². The largest absolute Gasteiger partial charge is 0.310 e. The van der Waals surface area contributed by atoms with E-state index in [1.54, 1.807) is 6.33 Å². The number of nitrogens with one attached hydrogen (secondary N) is 1. The zero-order valence-corrected chi connectivity index (χ0v) is 9.63. The van der Waals surface area contributed by atoms with Gasteiger partial charge in [-0.3, -0.25) is 0 Å². The second-order valence-corrected chi connectivity index (χ2v) is 4.44. The van der Waals surface area contributed by atoms with Crippen LogP contribution in [0.1, 0.15) is 18.4 Å². The minimum Gasteiger partial charge on any atom is -0.310 e. The molecule has 1 fully saturated rings. The second kappa shape index (κ2) is 4.63. The summed E-state index contributed by atoms with van der Waals surface area (Å²) in [6.45, 7) is 0.926. The lowest BCUT2D eigenvalue weighted by molar-refractivity contribution is 0.689. The molecule has 1 aliphatic carbocycles. The van der Waals surface area contributed by atoms with Gasteiger partial charge in [-0.05, 0) is 24.0 Å². The molecule has 0 atom stereocenters. The molecule has 1 aromatic heterocycles. The fourth-order valence-corrected chi connectivity index (χ4v) is 1.94. The van der Waals surface area contributed by atoms with E-state index in [4.69, 9.17) is 0 Å². The molecule has 0 radical (unpaired) electrons. The lowest BCUT2D eigenvalue weighted by atomic mass is 10.0. The second-order valence-electron chi connectivity index (χ2n) is 4.44. The molecule has 3 heteroatoms. The van der Waals surface area contributed by atoms with Crippen LogP contribution in [-0.4, -0.2) is 16.0 Å². The van der Waals surface area contributed by atoms with Gasteiger partial charge in [0.2, 0.25) is 0 Å². The number of benzene rings is 1. The number of aromatic nitrogens is 2. The first-order chi connectivity index (χ1) is 8.43. The summed E-state index contributed by atoms with van der Waals surface area (Å²) < 4.78 is 0. The third-order valence-electron chi connectivity index (χ3n) is 3.05. The maximum absolute atomic E-state index is 4.08. The summed E-state index contributed by atoms with van der Waals surface area (Å²) in [5, 5.41) is 3.54. The first-order valence-corrected chi connectivity index (χ1v) is 6.00. The average molecular weight is 225 g/mol. The maximum atomic E-state index is 4.08. The Hall–Kier alpha value is -1.74. The van der Waals surface area contributed by atoms with Crippen LogP contribution in [-0.2, 0) is 6.54 Å². The van der Waals surface area contributed by atoms with Gasteiger partial charge in [0.15, 0.2) is 0 Å². The topological polar surface area (TPSA) is 37.8 Å². The molecule has 0 bridgehead atoms. The van der Waals surface area contributed by atoms with Crippen molar-refractivity contribution >= 4 is 0 Å². The van der Waals surface area contributed by atoms with Crippen molar-refractivity contribution in [3.8, 4) is 11.1 Å². The fraction of sp³-hybridized carbons (Fsp3) is 0.286. The van der Waals surface area contributed by atoms with Crippen molar-refractivity contribution in [1.29, 1.82) is 0 Å². The van der Waals surface area contributed by atoms with Crippen molar-refractivity contribution in [2.24, 2.45) is 0 Å². The minimum absolute atomic E-state index is 0.732. The van der Waals surface area contributed by atoms with Gasteiger partial charge in [-0.25, -0.2) is 9.97 Å². The Bertz CT molecular complexity index is 492. The van der Waals surface area contributed by atoms with Gasteiger partial charge >= 0.3 is 0 Å². The lowest BCUT2D eigenvalue weighted by Gasteiger charge is -2.09. The molecule has 0 unspecified atom stereocenters. The Morgan fingerprint density at radius 1 is 1.12 bits per heavy atom. The number of nitrogens with zero attached hydrogens (tertiary/aromatic N) is 2. The highest BCUT2D eigenvalue weighted by atomic mass is 14.9. The number of rotatable bonds is 4. The van der Waals surface area contributed by atoms with E-state index in [2.05, 4.69) is 39.6 Å². The third-order valence-corrected chi connectivity index (χ3v) is 3.05. The predicted molar refractivity (Wildman–Crippen MR) is 67.3 cm³/mol. The van der Waals surface area contributed by atoms with Gasteiger partial charge in [0, 0.05) is 30.5 Å². The standard InChI is InChI=1S/C14H15N3/c1-2-4-14(12-7-15-10-16-8-12)11(3-1)9-17-13-5-6-13/h1-4,7-8,10,13,17H,5-6,9H2. The van der Waals surface area contributed by atoms with E-state index in [1.165, 1.54) is 24.0 Å². The minimum atomic E-state index is 0.732. The number of hydrogen-bond donors (Lipinski definition) is 1.